The molecule has 1 spiro atoms. The van der Waals surface area contributed by atoms with E-state index >= 15 is 0 Å². The average Bonchev–Trinajstić information content (AvgIpc) is 3.37. The van der Waals surface area contributed by atoms with Crippen LogP contribution in [0.4, 0.5) is 11.4 Å². The van der Waals surface area contributed by atoms with Crippen molar-refractivity contribution in [1.29, 1.82) is 0 Å². The SMILES string of the molecule is O=C1NC(=O)[C@H]2[C@H]1C1C=C3c4ccccc4N(c4ccccc4)C32[C@H]2C(=O)NC(=O)[C@@H]12. The first-order valence-electron chi connectivity index (χ1n) is 10.4. The summed E-state index contributed by atoms with van der Waals surface area (Å²) in [7, 11) is 0. The number of nitrogens with one attached hydrogen (secondary N) is 2. The molecule has 2 aromatic carbocycles. The normalized spacial score (nSPS) is 36.5. The third-order valence-corrected chi connectivity index (χ3v) is 7.77. The fraction of sp³-hybridized carbons (Fsp3) is 0.250. The van der Waals surface area contributed by atoms with Gasteiger partial charge in [0.15, 0.2) is 0 Å². The van der Waals surface area contributed by atoms with Gasteiger partial charge >= 0.3 is 0 Å². The first kappa shape index (κ1) is 17.0. The van der Waals surface area contributed by atoms with Crippen LogP contribution in [0.3, 0.4) is 0 Å². The minimum absolute atomic E-state index is 0.357. The quantitative estimate of drug-likeness (QED) is 0.692. The molecule has 7 nitrogen and oxygen atoms in total. The molecule has 6 atom stereocenters. The van der Waals surface area contributed by atoms with E-state index in [4.69, 9.17) is 0 Å². The van der Waals surface area contributed by atoms with E-state index in [1.54, 1.807) is 0 Å². The van der Waals surface area contributed by atoms with Gasteiger partial charge in [0.25, 0.3) is 0 Å². The molecule has 2 unspecified atom stereocenters. The summed E-state index contributed by atoms with van der Waals surface area (Å²) in [6, 6.07) is 17.4. The van der Waals surface area contributed by atoms with E-state index in [2.05, 4.69) is 10.6 Å². The molecule has 0 aromatic heterocycles. The molecule has 8 rings (SSSR count). The van der Waals surface area contributed by atoms with Gasteiger partial charge in [0.2, 0.25) is 23.6 Å². The maximum absolute atomic E-state index is 13.2. The predicted molar refractivity (Wildman–Crippen MR) is 109 cm³/mol. The number of allylic oxidation sites excluding steroid dienone is 1. The molecule has 3 aliphatic heterocycles. The molecule has 3 heterocycles. The highest BCUT2D eigenvalue weighted by Gasteiger charge is 2.77. The van der Waals surface area contributed by atoms with Crippen LogP contribution in [-0.2, 0) is 19.2 Å². The van der Waals surface area contributed by atoms with Crippen LogP contribution in [-0.4, -0.2) is 29.2 Å². The van der Waals surface area contributed by atoms with E-state index in [0.29, 0.717) is 0 Å². The summed E-state index contributed by atoms with van der Waals surface area (Å²) in [5.74, 6) is -4.80. The highest BCUT2D eigenvalue weighted by atomic mass is 16.2. The van der Waals surface area contributed by atoms with Crippen molar-refractivity contribution in [2.75, 3.05) is 4.90 Å². The number of fused-ring (bicyclic) bond motifs is 1. The number of carbonyl (C=O) groups excluding carboxylic acids is 4. The van der Waals surface area contributed by atoms with E-state index in [1.165, 1.54) is 0 Å². The molecule has 31 heavy (non-hydrogen) atoms. The molecule has 6 aliphatic rings. The number of para-hydroxylation sites is 2. The second-order valence-electron chi connectivity index (χ2n) is 8.89. The van der Waals surface area contributed by atoms with Gasteiger partial charge in [-0.2, -0.15) is 0 Å². The van der Waals surface area contributed by atoms with Gasteiger partial charge < -0.3 is 4.90 Å². The average molecular weight is 411 g/mol. The van der Waals surface area contributed by atoms with E-state index in [-0.39, 0.29) is 23.6 Å². The molecule has 3 fully saturated rings. The molecule has 2 saturated heterocycles. The monoisotopic (exact) mass is 411 g/mol. The third kappa shape index (κ3) is 1.70. The van der Waals surface area contributed by atoms with Crippen LogP contribution >= 0.6 is 0 Å². The Hall–Kier alpha value is -3.74. The van der Waals surface area contributed by atoms with Crippen molar-refractivity contribution in [3.8, 4) is 0 Å². The lowest BCUT2D eigenvalue weighted by atomic mass is 9.47. The summed E-state index contributed by atoms with van der Waals surface area (Å²) in [6.07, 6.45) is 1.99. The van der Waals surface area contributed by atoms with Crippen molar-refractivity contribution in [2.45, 2.75) is 5.54 Å². The van der Waals surface area contributed by atoms with Gasteiger partial charge in [0, 0.05) is 22.9 Å². The van der Waals surface area contributed by atoms with Crippen molar-refractivity contribution in [3.05, 3.63) is 66.2 Å². The second kappa shape index (κ2) is 5.29. The minimum Gasteiger partial charge on any atom is -0.329 e. The highest BCUT2D eigenvalue weighted by molar-refractivity contribution is 6.17. The first-order valence-corrected chi connectivity index (χ1v) is 10.4. The maximum Gasteiger partial charge on any atom is 0.233 e. The standard InChI is InChI=1S/C24H17N3O4/c28-20-16-13-10-14-12-8-4-5-9-15(12)27(11-6-2-1-3-7-11)24(14,18(16)22(30)25-20)19-17(13)21(29)26-23(19)31/h1-10,13,16-19H,(H,25,28,30)(H,26,29,31)/t13?,16-,17+,18-,19-,24?/m1/s1. The van der Waals surface area contributed by atoms with Crippen LogP contribution < -0.4 is 15.5 Å². The van der Waals surface area contributed by atoms with E-state index in [0.717, 1.165) is 22.5 Å². The minimum atomic E-state index is -1.14. The molecular weight excluding hydrogens is 394 g/mol. The Kier molecular flexibility index (Phi) is 2.90. The van der Waals surface area contributed by atoms with E-state index in [1.807, 2.05) is 65.6 Å². The van der Waals surface area contributed by atoms with Gasteiger partial charge in [-0.25, -0.2) is 0 Å². The Morgan fingerprint density at radius 1 is 0.710 bits per heavy atom. The van der Waals surface area contributed by atoms with Crippen LogP contribution in [0.15, 0.2) is 60.7 Å². The molecule has 1 saturated carbocycles. The first-order chi connectivity index (χ1) is 15.0. The molecule has 0 radical (unpaired) electrons. The van der Waals surface area contributed by atoms with Gasteiger partial charge in [0.05, 0.1) is 29.2 Å². The maximum atomic E-state index is 13.2. The molecule has 4 amide bonds. The molecule has 152 valence electrons. The summed E-state index contributed by atoms with van der Waals surface area (Å²) in [6.45, 7) is 0. The fourth-order valence-corrected chi connectivity index (χ4v) is 6.95. The smallest absolute Gasteiger partial charge is 0.233 e. The number of anilines is 2. The Balaban J connectivity index is 1.62. The number of benzene rings is 2. The molecule has 2 N–H and O–H groups in total. The lowest BCUT2D eigenvalue weighted by Gasteiger charge is -2.57. The highest BCUT2D eigenvalue weighted by Crippen LogP contribution is 2.69. The van der Waals surface area contributed by atoms with Crippen molar-refractivity contribution in [3.63, 3.8) is 0 Å². The van der Waals surface area contributed by atoms with Gasteiger partial charge in [0.1, 0.15) is 0 Å². The summed E-state index contributed by atoms with van der Waals surface area (Å²) >= 11 is 0. The number of imide groups is 2. The van der Waals surface area contributed by atoms with Crippen LogP contribution in [0.2, 0.25) is 0 Å². The molecule has 2 aromatic rings. The molecule has 3 aliphatic carbocycles. The summed E-state index contributed by atoms with van der Waals surface area (Å²) in [4.78, 5) is 54.3. The van der Waals surface area contributed by atoms with E-state index in [9.17, 15) is 19.2 Å². The lowest BCUT2D eigenvalue weighted by Crippen LogP contribution is -2.68. The van der Waals surface area contributed by atoms with Crippen LogP contribution in [0.25, 0.3) is 5.57 Å². The molecule has 7 heteroatoms. The number of carbonyl (C=O) groups is 4. The zero-order chi connectivity index (χ0) is 21.1. The van der Waals surface area contributed by atoms with E-state index < -0.39 is 35.1 Å². The molecular formula is C24H17N3O4. The number of amides is 4. The van der Waals surface area contributed by atoms with Gasteiger partial charge in [-0.15, -0.1) is 0 Å². The fourth-order valence-electron chi connectivity index (χ4n) is 6.95. The van der Waals surface area contributed by atoms with Crippen LogP contribution in [0.1, 0.15) is 5.56 Å². The zero-order valence-corrected chi connectivity index (χ0v) is 16.2. The largest absolute Gasteiger partial charge is 0.329 e. The number of rotatable bonds is 1. The van der Waals surface area contributed by atoms with Crippen molar-refractivity contribution >= 4 is 40.6 Å². The van der Waals surface area contributed by atoms with Crippen molar-refractivity contribution < 1.29 is 19.2 Å². The van der Waals surface area contributed by atoms with Gasteiger partial charge in [-0.05, 0) is 23.8 Å². The summed E-state index contributed by atoms with van der Waals surface area (Å²) in [5, 5.41) is 5.01. The summed E-state index contributed by atoms with van der Waals surface area (Å²) < 4.78 is 0. The summed E-state index contributed by atoms with van der Waals surface area (Å²) in [5.41, 5.74) is 2.36. The Morgan fingerprint density at radius 3 is 1.94 bits per heavy atom. The number of hydrogen-bond acceptors (Lipinski definition) is 5. The Morgan fingerprint density at radius 2 is 1.29 bits per heavy atom. The van der Waals surface area contributed by atoms with Crippen molar-refractivity contribution in [1.82, 2.24) is 10.6 Å². The molecule has 2 bridgehead atoms. The van der Waals surface area contributed by atoms with Crippen LogP contribution in [0.5, 0.6) is 0 Å². The zero-order valence-electron chi connectivity index (χ0n) is 16.2. The third-order valence-electron chi connectivity index (χ3n) is 7.77. The lowest BCUT2D eigenvalue weighted by molar-refractivity contribution is -0.138. The van der Waals surface area contributed by atoms with Crippen molar-refractivity contribution in [2.24, 2.45) is 29.6 Å². The Labute approximate surface area is 177 Å². The number of nitrogens with zero attached hydrogens (tertiary/aromatic N) is 1. The topological polar surface area (TPSA) is 95.6 Å². The predicted octanol–water partition coefficient (Wildman–Crippen LogP) is 1.38. The van der Waals surface area contributed by atoms with Crippen LogP contribution in [0, 0.1) is 29.6 Å². The second-order valence-corrected chi connectivity index (χ2v) is 8.89. The van der Waals surface area contributed by atoms with Gasteiger partial charge in [-0.1, -0.05) is 42.5 Å². The van der Waals surface area contributed by atoms with Gasteiger partial charge in [-0.3, -0.25) is 29.8 Å². The Bertz CT molecular complexity index is 1220. The number of hydrogen-bond donors (Lipinski definition) is 2.